The van der Waals surface area contributed by atoms with E-state index in [0.29, 0.717) is 27.8 Å². The number of aromatic nitrogens is 4. The smallest absolute Gasteiger partial charge is 0.317 e. The van der Waals surface area contributed by atoms with E-state index in [-0.39, 0.29) is 23.9 Å². The molecule has 0 radical (unpaired) electrons. The Bertz CT molecular complexity index is 1240. The lowest BCUT2D eigenvalue weighted by molar-refractivity contribution is 0.102. The minimum Gasteiger partial charge on any atom is -0.317 e. The van der Waals surface area contributed by atoms with Crippen molar-refractivity contribution in [1.82, 2.24) is 25.5 Å². The van der Waals surface area contributed by atoms with Crippen LogP contribution in [0.1, 0.15) is 73.7 Å². The van der Waals surface area contributed by atoms with Crippen LogP contribution in [0.5, 0.6) is 0 Å². The molecule has 39 heavy (non-hydrogen) atoms. The van der Waals surface area contributed by atoms with Gasteiger partial charge in [0.25, 0.3) is 11.9 Å². The van der Waals surface area contributed by atoms with Gasteiger partial charge in [-0.15, -0.1) is 5.10 Å². The van der Waals surface area contributed by atoms with Crippen molar-refractivity contribution in [3.63, 3.8) is 0 Å². The van der Waals surface area contributed by atoms with Gasteiger partial charge in [0, 0.05) is 33.9 Å². The third kappa shape index (κ3) is 7.28. The van der Waals surface area contributed by atoms with Crippen molar-refractivity contribution < 1.29 is 9.59 Å². The number of nitrogens with one attached hydrogen (secondary N) is 3. The number of amides is 3. The molecule has 2 saturated carbocycles. The molecular formula is C28H33Cl2N7O2. The van der Waals surface area contributed by atoms with Crippen molar-refractivity contribution in [3.05, 3.63) is 63.6 Å². The fourth-order valence-electron chi connectivity index (χ4n) is 6.02. The van der Waals surface area contributed by atoms with Crippen LogP contribution in [-0.4, -0.2) is 43.5 Å². The highest BCUT2D eigenvalue weighted by Gasteiger charge is 2.33. The minimum atomic E-state index is -0.337. The number of aromatic amines is 1. The molecule has 5 rings (SSSR count). The lowest BCUT2D eigenvalue weighted by Gasteiger charge is -2.40. The summed E-state index contributed by atoms with van der Waals surface area (Å²) in [7, 11) is 0. The Morgan fingerprint density at radius 3 is 2.18 bits per heavy atom. The topological polar surface area (TPSA) is 116 Å². The zero-order valence-corrected chi connectivity index (χ0v) is 23.2. The van der Waals surface area contributed by atoms with E-state index >= 15 is 0 Å². The van der Waals surface area contributed by atoms with E-state index in [1.54, 1.807) is 30.3 Å². The number of urea groups is 1. The molecule has 0 unspecified atom stereocenters. The molecule has 0 atom stereocenters. The molecule has 1 heterocycles. The van der Waals surface area contributed by atoms with Gasteiger partial charge in [-0.2, -0.15) is 5.21 Å². The molecule has 2 fully saturated rings. The molecule has 2 aliphatic carbocycles. The van der Waals surface area contributed by atoms with Gasteiger partial charge in [0.1, 0.15) is 0 Å². The number of carbonyl (C=O) groups is 2. The van der Waals surface area contributed by atoms with E-state index in [2.05, 4.69) is 31.3 Å². The van der Waals surface area contributed by atoms with E-state index < -0.39 is 0 Å². The predicted molar refractivity (Wildman–Crippen MR) is 152 cm³/mol. The van der Waals surface area contributed by atoms with E-state index in [9.17, 15) is 9.59 Å². The van der Waals surface area contributed by atoms with Gasteiger partial charge >= 0.3 is 6.03 Å². The number of halogens is 2. The molecule has 0 aliphatic heterocycles. The number of H-pyrrole nitrogens is 1. The van der Waals surface area contributed by atoms with Gasteiger partial charge < -0.3 is 10.2 Å². The summed E-state index contributed by atoms with van der Waals surface area (Å²) >= 11 is 12.3. The summed E-state index contributed by atoms with van der Waals surface area (Å²) in [4.78, 5) is 28.0. The summed E-state index contributed by atoms with van der Waals surface area (Å²) in [5, 5.41) is 19.7. The highest BCUT2D eigenvalue weighted by molar-refractivity contribution is 6.35. The second kappa shape index (κ2) is 12.8. The number of carbonyl (C=O) groups excluding carboxylic acids is 2. The van der Waals surface area contributed by atoms with Crippen molar-refractivity contribution in [2.24, 2.45) is 11.8 Å². The predicted octanol–water partition coefficient (Wildman–Crippen LogP) is 6.93. The minimum absolute atomic E-state index is 0.108. The molecule has 9 nitrogen and oxygen atoms in total. The van der Waals surface area contributed by atoms with Crippen LogP contribution in [0.4, 0.5) is 16.4 Å². The number of benzene rings is 2. The van der Waals surface area contributed by atoms with Gasteiger partial charge in [-0.1, -0.05) is 72.5 Å². The second-order valence-corrected chi connectivity index (χ2v) is 11.4. The largest absolute Gasteiger partial charge is 0.322 e. The first-order valence-corrected chi connectivity index (χ1v) is 14.4. The van der Waals surface area contributed by atoms with E-state index in [1.807, 2.05) is 17.0 Å². The monoisotopic (exact) mass is 569 g/mol. The van der Waals surface area contributed by atoms with Crippen LogP contribution in [0.25, 0.3) is 0 Å². The zero-order chi connectivity index (χ0) is 27.2. The summed E-state index contributed by atoms with van der Waals surface area (Å²) in [5.74, 6) is 1.37. The van der Waals surface area contributed by atoms with E-state index in [1.165, 1.54) is 32.1 Å². The number of rotatable bonds is 7. The lowest BCUT2D eigenvalue weighted by Crippen LogP contribution is -2.44. The number of tetrazole rings is 1. The lowest BCUT2D eigenvalue weighted by atomic mass is 9.72. The van der Waals surface area contributed by atoms with Crippen molar-refractivity contribution in [2.75, 3.05) is 10.6 Å². The molecule has 3 aromatic rings. The van der Waals surface area contributed by atoms with Gasteiger partial charge in [0.15, 0.2) is 0 Å². The summed E-state index contributed by atoms with van der Waals surface area (Å²) in [6.07, 6.45) is 11.0. The van der Waals surface area contributed by atoms with E-state index in [4.69, 9.17) is 23.2 Å². The molecule has 3 N–H and O–H groups in total. The summed E-state index contributed by atoms with van der Waals surface area (Å²) in [6, 6.07) is 12.2. The Morgan fingerprint density at radius 2 is 1.54 bits per heavy atom. The van der Waals surface area contributed by atoms with Gasteiger partial charge in [0.2, 0.25) is 0 Å². The maximum absolute atomic E-state index is 13.6. The third-order valence-corrected chi connectivity index (χ3v) is 8.45. The SMILES string of the molecule is O=C(Nc1nn[nH]n1)c1ccc(CN(C(=O)Nc2cc(Cl)cc(Cl)c2)C2CCC(C3CCCCC3)CC2)cc1. The highest BCUT2D eigenvalue weighted by Crippen LogP contribution is 2.39. The fraction of sp³-hybridized carbons (Fsp3) is 0.464. The van der Waals surface area contributed by atoms with Crippen LogP contribution in [0.3, 0.4) is 0 Å². The molecule has 3 amide bonds. The molecule has 11 heteroatoms. The number of nitrogens with zero attached hydrogens (tertiary/aromatic N) is 4. The molecule has 1 aromatic heterocycles. The van der Waals surface area contributed by atoms with Crippen LogP contribution < -0.4 is 10.6 Å². The van der Waals surface area contributed by atoms with Gasteiger partial charge in [-0.25, -0.2) is 4.79 Å². The first kappa shape index (κ1) is 27.4. The van der Waals surface area contributed by atoms with Gasteiger partial charge in [-0.3, -0.25) is 10.1 Å². The average Bonchev–Trinajstić information content (AvgIpc) is 3.45. The van der Waals surface area contributed by atoms with Crippen LogP contribution in [-0.2, 0) is 6.54 Å². The second-order valence-electron chi connectivity index (χ2n) is 10.6. The molecule has 206 valence electrons. The van der Waals surface area contributed by atoms with Crippen LogP contribution >= 0.6 is 23.2 Å². The quantitative estimate of drug-likeness (QED) is 0.285. The van der Waals surface area contributed by atoms with Crippen LogP contribution in [0.15, 0.2) is 42.5 Å². The molecule has 0 spiro atoms. The fourth-order valence-corrected chi connectivity index (χ4v) is 6.55. The maximum atomic E-state index is 13.6. The number of anilines is 2. The van der Waals surface area contributed by atoms with Crippen molar-refractivity contribution in [2.45, 2.75) is 70.4 Å². The molecular weight excluding hydrogens is 537 g/mol. The van der Waals surface area contributed by atoms with Gasteiger partial charge in [0.05, 0.1) is 0 Å². The third-order valence-electron chi connectivity index (χ3n) is 8.01. The Labute approximate surface area is 238 Å². The Balaban J connectivity index is 1.28. The van der Waals surface area contributed by atoms with E-state index in [0.717, 1.165) is 43.1 Å². The van der Waals surface area contributed by atoms with Crippen molar-refractivity contribution >= 4 is 46.8 Å². The summed E-state index contributed by atoms with van der Waals surface area (Å²) < 4.78 is 0. The standard InChI is InChI=1S/C28H33Cl2N7O2/c29-22-14-23(30)16-24(15-22)31-28(39)37(25-12-10-20(11-13-25)19-4-2-1-3-5-19)17-18-6-8-21(9-7-18)26(38)32-27-33-35-36-34-27/h6-9,14-16,19-20,25H,1-5,10-13,17H2,(H,31,39)(H2,32,33,34,35,36,38). The molecule has 2 aromatic carbocycles. The van der Waals surface area contributed by atoms with Crippen LogP contribution in [0.2, 0.25) is 10.0 Å². The first-order valence-electron chi connectivity index (χ1n) is 13.6. The number of hydrogen-bond donors (Lipinski definition) is 3. The Hall–Kier alpha value is -3.17. The summed E-state index contributed by atoms with van der Waals surface area (Å²) in [6.45, 7) is 0.422. The summed E-state index contributed by atoms with van der Waals surface area (Å²) in [5.41, 5.74) is 1.95. The zero-order valence-electron chi connectivity index (χ0n) is 21.7. The Kier molecular flexibility index (Phi) is 8.98. The molecule has 0 saturated heterocycles. The first-order chi connectivity index (χ1) is 18.9. The number of hydrogen-bond acceptors (Lipinski definition) is 5. The Morgan fingerprint density at radius 1 is 0.872 bits per heavy atom. The molecule has 2 aliphatic rings. The van der Waals surface area contributed by atoms with Crippen molar-refractivity contribution in [3.8, 4) is 0 Å². The highest BCUT2D eigenvalue weighted by atomic mass is 35.5. The average molecular weight is 571 g/mol. The van der Waals surface area contributed by atoms with Crippen molar-refractivity contribution in [1.29, 1.82) is 0 Å². The van der Waals surface area contributed by atoms with Crippen LogP contribution in [0, 0.1) is 11.8 Å². The maximum Gasteiger partial charge on any atom is 0.322 e. The molecule has 0 bridgehead atoms. The van der Waals surface area contributed by atoms with Gasteiger partial charge in [-0.05, 0) is 78.6 Å². The normalized spacial score (nSPS) is 19.8.